The Morgan fingerprint density at radius 1 is 1.58 bits per heavy atom. The molecule has 1 atom stereocenters. The van der Waals surface area contributed by atoms with E-state index in [9.17, 15) is 0 Å². The monoisotopic (exact) mass is 273 g/mol. The van der Waals surface area contributed by atoms with E-state index in [2.05, 4.69) is 47.4 Å². The molecule has 0 radical (unpaired) electrons. The van der Waals surface area contributed by atoms with Gasteiger partial charge >= 0.3 is 0 Å². The average Bonchev–Trinajstić information content (AvgIpc) is 2.05. The summed E-state index contributed by atoms with van der Waals surface area (Å²) in [6, 6.07) is 8.34. The minimum atomic E-state index is 0.0946. The molecule has 0 bridgehead atoms. The van der Waals surface area contributed by atoms with Gasteiger partial charge in [0.1, 0.15) is 0 Å². The van der Waals surface area contributed by atoms with Crippen LogP contribution in [0.25, 0.3) is 0 Å². The van der Waals surface area contributed by atoms with Crippen LogP contribution < -0.4 is 5.73 Å². The third-order valence-corrected chi connectivity index (χ3v) is 2.37. The lowest BCUT2D eigenvalue weighted by molar-refractivity contribution is 0.741. The van der Waals surface area contributed by atoms with Crippen LogP contribution in [0, 0.1) is 3.57 Å². The zero-order chi connectivity index (χ0) is 8.97. The highest BCUT2D eigenvalue weighted by Gasteiger charge is 2.02. The number of hydrogen-bond donors (Lipinski definition) is 1. The summed E-state index contributed by atoms with van der Waals surface area (Å²) in [4.78, 5) is 0. The Hall–Kier alpha value is -0.350. The summed E-state index contributed by atoms with van der Waals surface area (Å²) in [6.07, 6.45) is 2.69. The zero-order valence-corrected chi connectivity index (χ0v) is 8.99. The summed E-state index contributed by atoms with van der Waals surface area (Å²) in [7, 11) is 0. The normalized spacial score (nSPS) is 12.5. The van der Waals surface area contributed by atoms with Gasteiger partial charge in [0.25, 0.3) is 0 Å². The largest absolute Gasteiger partial charge is 0.324 e. The minimum absolute atomic E-state index is 0.0946. The lowest BCUT2D eigenvalue weighted by atomic mass is 10.1. The highest BCUT2D eigenvalue weighted by Crippen LogP contribution is 2.16. The van der Waals surface area contributed by atoms with Crippen molar-refractivity contribution in [2.24, 2.45) is 5.73 Å². The standard InChI is InChI=1S/C10H12IN/c1-2-4-10(12)8-5-3-6-9(11)7-8/h2-3,5-7,10H,1,4,12H2/t10-/m1/s1. The summed E-state index contributed by atoms with van der Waals surface area (Å²) in [6.45, 7) is 3.67. The van der Waals surface area contributed by atoms with E-state index in [-0.39, 0.29) is 6.04 Å². The second-order valence-electron chi connectivity index (χ2n) is 2.69. The average molecular weight is 273 g/mol. The molecule has 0 aliphatic carbocycles. The Morgan fingerprint density at radius 3 is 2.92 bits per heavy atom. The lowest BCUT2D eigenvalue weighted by Gasteiger charge is -2.08. The molecule has 2 N–H and O–H groups in total. The van der Waals surface area contributed by atoms with Crippen molar-refractivity contribution in [1.29, 1.82) is 0 Å². The van der Waals surface area contributed by atoms with Crippen molar-refractivity contribution in [2.75, 3.05) is 0 Å². The maximum atomic E-state index is 5.90. The predicted octanol–water partition coefficient (Wildman–Crippen LogP) is 2.87. The van der Waals surface area contributed by atoms with E-state index in [0.717, 1.165) is 6.42 Å². The summed E-state index contributed by atoms with van der Waals surface area (Å²) in [5.74, 6) is 0. The van der Waals surface area contributed by atoms with Gasteiger partial charge in [-0.05, 0) is 46.7 Å². The lowest BCUT2D eigenvalue weighted by Crippen LogP contribution is -2.08. The van der Waals surface area contributed by atoms with Crippen molar-refractivity contribution in [3.8, 4) is 0 Å². The van der Waals surface area contributed by atoms with Crippen LogP contribution >= 0.6 is 22.6 Å². The second-order valence-corrected chi connectivity index (χ2v) is 3.93. The molecule has 0 aromatic heterocycles. The molecule has 1 rings (SSSR count). The molecule has 0 aliphatic rings. The van der Waals surface area contributed by atoms with Crippen molar-refractivity contribution in [3.05, 3.63) is 46.1 Å². The van der Waals surface area contributed by atoms with Crippen LogP contribution in [0.15, 0.2) is 36.9 Å². The summed E-state index contributed by atoms with van der Waals surface area (Å²) in [5.41, 5.74) is 7.08. The van der Waals surface area contributed by atoms with Crippen LogP contribution in [0.2, 0.25) is 0 Å². The van der Waals surface area contributed by atoms with E-state index in [1.807, 2.05) is 12.1 Å². The van der Waals surface area contributed by atoms with Crippen LogP contribution in [-0.2, 0) is 0 Å². The molecule has 1 aromatic carbocycles. The fraction of sp³-hybridized carbons (Fsp3) is 0.200. The molecule has 0 saturated carbocycles. The van der Waals surface area contributed by atoms with Crippen molar-refractivity contribution in [1.82, 2.24) is 0 Å². The van der Waals surface area contributed by atoms with Gasteiger partial charge in [-0.15, -0.1) is 6.58 Å². The van der Waals surface area contributed by atoms with E-state index >= 15 is 0 Å². The Bertz CT molecular complexity index is 270. The molecule has 0 heterocycles. The van der Waals surface area contributed by atoms with Gasteiger partial charge < -0.3 is 5.73 Å². The Kier molecular flexibility index (Phi) is 3.75. The molecule has 0 spiro atoms. The first-order valence-electron chi connectivity index (χ1n) is 3.86. The molecular formula is C10H12IN. The summed E-state index contributed by atoms with van der Waals surface area (Å²) in [5, 5.41) is 0. The van der Waals surface area contributed by atoms with Crippen molar-refractivity contribution in [2.45, 2.75) is 12.5 Å². The SMILES string of the molecule is C=CC[C@@H](N)c1cccc(I)c1. The Labute approximate surface area is 86.8 Å². The fourth-order valence-electron chi connectivity index (χ4n) is 1.05. The molecule has 0 amide bonds. The van der Waals surface area contributed by atoms with E-state index < -0.39 is 0 Å². The second kappa shape index (κ2) is 4.62. The van der Waals surface area contributed by atoms with Crippen LogP contribution in [-0.4, -0.2) is 0 Å². The molecular weight excluding hydrogens is 261 g/mol. The van der Waals surface area contributed by atoms with Crippen LogP contribution in [0.4, 0.5) is 0 Å². The van der Waals surface area contributed by atoms with Crippen molar-refractivity contribution >= 4 is 22.6 Å². The fourth-order valence-corrected chi connectivity index (χ4v) is 1.62. The molecule has 0 unspecified atom stereocenters. The predicted molar refractivity (Wildman–Crippen MR) is 60.9 cm³/mol. The summed E-state index contributed by atoms with van der Waals surface area (Å²) >= 11 is 2.29. The zero-order valence-electron chi connectivity index (χ0n) is 6.83. The van der Waals surface area contributed by atoms with Crippen LogP contribution in [0.5, 0.6) is 0 Å². The summed E-state index contributed by atoms with van der Waals surface area (Å²) < 4.78 is 1.23. The van der Waals surface area contributed by atoms with Gasteiger partial charge in [0.2, 0.25) is 0 Å². The van der Waals surface area contributed by atoms with E-state index in [0.29, 0.717) is 0 Å². The van der Waals surface area contributed by atoms with Crippen molar-refractivity contribution in [3.63, 3.8) is 0 Å². The number of halogens is 1. The third kappa shape index (κ3) is 2.60. The first-order chi connectivity index (χ1) is 5.74. The molecule has 0 aliphatic heterocycles. The molecule has 1 nitrogen and oxygen atoms in total. The van der Waals surface area contributed by atoms with Crippen molar-refractivity contribution < 1.29 is 0 Å². The molecule has 2 heteroatoms. The van der Waals surface area contributed by atoms with Gasteiger partial charge in [-0.1, -0.05) is 18.2 Å². The smallest absolute Gasteiger partial charge is 0.0330 e. The van der Waals surface area contributed by atoms with Gasteiger partial charge in [-0.3, -0.25) is 0 Å². The van der Waals surface area contributed by atoms with Crippen LogP contribution in [0.3, 0.4) is 0 Å². The quantitative estimate of drug-likeness (QED) is 0.665. The van der Waals surface area contributed by atoms with E-state index in [1.165, 1.54) is 9.13 Å². The molecule has 64 valence electrons. The highest BCUT2D eigenvalue weighted by molar-refractivity contribution is 14.1. The Balaban J connectivity index is 2.80. The minimum Gasteiger partial charge on any atom is -0.324 e. The molecule has 0 saturated heterocycles. The van der Waals surface area contributed by atoms with E-state index in [4.69, 9.17) is 5.73 Å². The van der Waals surface area contributed by atoms with Gasteiger partial charge in [-0.25, -0.2) is 0 Å². The number of rotatable bonds is 3. The first kappa shape index (κ1) is 9.74. The van der Waals surface area contributed by atoms with E-state index in [1.54, 1.807) is 0 Å². The van der Waals surface area contributed by atoms with Crippen LogP contribution in [0.1, 0.15) is 18.0 Å². The maximum absolute atomic E-state index is 5.90. The van der Waals surface area contributed by atoms with Gasteiger partial charge in [0.15, 0.2) is 0 Å². The van der Waals surface area contributed by atoms with Gasteiger partial charge in [0, 0.05) is 9.61 Å². The number of nitrogens with two attached hydrogens (primary N) is 1. The topological polar surface area (TPSA) is 26.0 Å². The number of hydrogen-bond acceptors (Lipinski definition) is 1. The molecule has 12 heavy (non-hydrogen) atoms. The number of benzene rings is 1. The first-order valence-corrected chi connectivity index (χ1v) is 4.94. The van der Waals surface area contributed by atoms with Gasteiger partial charge in [0.05, 0.1) is 0 Å². The van der Waals surface area contributed by atoms with Gasteiger partial charge in [-0.2, -0.15) is 0 Å². The Morgan fingerprint density at radius 2 is 2.33 bits per heavy atom. The molecule has 1 aromatic rings. The highest BCUT2D eigenvalue weighted by atomic mass is 127. The third-order valence-electron chi connectivity index (χ3n) is 1.70. The molecule has 0 fully saturated rings. The maximum Gasteiger partial charge on any atom is 0.0330 e.